The molecule has 1 saturated heterocycles. The Hall–Kier alpha value is -2.35. The topological polar surface area (TPSA) is 109 Å². The van der Waals surface area contributed by atoms with Crippen LogP contribution >= 0.6 is 0 Å². The SMILES string of the molecule is CC(C)c1nnc([C@H]2CN(S(=O)(=O)c3ccc(F)cc3C#N)CCO2)o1. The van der Waals surface area contributed by atoms with Crippen molar-refractivity contribution >= 4 is 10.0 Å². The second-order valence-corrected chi connectivity index (χ2v) is 8.01. The van der Waals surface area contributed by atoms with Crippen LogP contribution in [-0.2, 0) is 14.8 Å². The van der Waals surface area contributed by atoms with Gasteiger partial charge in [-0.25, -0.2) is 12.8 Å². The van der Waals surface area contributed by atoms with Crippen LogP contribution < -0.4 is 0 Å². The van der Waals surface area contributed by atoms with Crippen LogP contribution in [0.5, 0.6) is 0 Å². The van der Waals surface area contributed by atoms with Crippen molar-refractivity contribution in [1.82, 2.24) is 14.5 Å². The number of halogens is 1. The van der Waals surface area contributed by atoms with Gasteiger partial charge in [0.25, 0.3) is 0 Å². The van der Waals surface area contributed by atoms with Gasteiger partial charge < -0.3 is 9.15 Å². The van der Waals surface area contributed by atoms with E-state index in [4.69, 9.17) is 14.4 Å². The lowest BCUT2D eigenvalue weighted by Gasteiger charge is -2.30. The van der Waals surface area contributed by atoms with Crippen molar-refractivity contribution in [3.63, 3.8) is 0 Å². The quantitative estimate of drug-likeness (QED) is 0.797. The number of nitrogens with zero attached hydrogens (tertiary/aromatic N) is 4. The highest BCUT2D eigenvalue weighted by molar-refractivity contribution is 7.89. The van der Waals surface area contributed by atoms with Crippen LogP contribution in [0.1, 0.15) is 43.2 Å². The number of aromatic nitrogens is 2. The zero-order valence-electron chi connectivity index (χ0n) is 14.2. The summed E-state index contributed by atoms with van der Waals surface area (Å²) in [4.78, 5) is -0.240. The van der Waals surface area contributed by atoms with E-state index in [1.165, 1.54) is 4.31 Å². The van der Waals surface area contributed by atoms with E-state index >= 15 is 0 Å². The molecule has 0 amide bonds. The van der Waals surface area contributed by atoms with Crippen LogP contribution in [0.2, 0.25) is 0 Å². The largest absolute Gasteiger partial charge is 0.422 e. The van der Waals surface area contributed by atoms with Gasteiger partial charge in [-0.3, -0.25) is 0 Å². The van der Waals surface area contributed by atoms with E-state index in [1.807, 2.05) is 13.8 Å². The number of hydrogen-bond donors (Lipinski definition) is 0. The molecule has 0 spiro atoms. The summed E-state index contributed by atoms with van der Waals surface area (Å²) in [6.07, 6.45) is -0.704. The fraction of sp³-hybridized carbons (Fsp3) is 0.438. The Labute approximate surface area is 150 Å². The van der Waals surface area contributed by atoms with Gasteiger partial charge in [0, 0.05) is 19.0 Å². The van der Waals surface area contributed by atoms with Crippen molar-refractivity contribution < 1.29 is 22.0 Å². The molecule has 0 radical (unpaired) electrons. The molecule has 0 saturated carbocycles. The molecule has 8 nitrogen and oxygen atoms in total. The Balaban J connectivity index is 1.88. The van der Waals surface area contributed by atoms with Gasteiger partial charge in [-0.15, -0.1) is 10.2 Å². The molecule has 2 aromatic rings. The molecule has 1 fully saturated rings. The number of morpholine rings is 1. The van der Waals surface area contributed by atoms with E-state index < -0.39 is 21.9 Å². The van der Waals surface area contributed by atoms with E-state index in [0.717, 1.165) is 18.2 Å². The van der Waals surface area contributed by atoms with Crippen LogP contribution in [0.4, 0.5) is 4.39 Å². The number of hydrogen-bond acceptors (Lipinski definition) is 7. The molecule has 0 bridgehead atoms. The molecule has 0 aliphatic carbocycles. The van der Waals surface area contributed by atoms with Crippen LogP contribution in [0, 0.1) is 17.1 Å². The zero-order chi connectivity index (χ0) is 18.9. The van der Waals surface area contributed by atoms with Gasteiger partial charge >= 0.3 is 0 Å². The Morgan fingerprint density at radius 1 is 1.38 bits per heavy atom. The van der Waals surface area contributed by atoms with Crippen molar-refractivity contribution in [3.05, 3.63) is 41.4 Å². The number of benzene rings is 1. The van der Waals surface area contributed by atoms with Crippen molar-refractivity contribution in [3.8, 4) is 6.07 Å². The van der Waals surface area contributed by atoms with Crippen molar-refractivity contribution in [2.24, 2.45) is 0 Å². The maximum atomic E-state index is 13.3. The number of nitriles is 1. The highest BCUT2D eigenvalue weighted by Crippen LogP contribution is 2.28. The first kappa shape index (κ1) is 18.4. The predicted octanol–water partition coefficient (Wildman–Crippen LogP) is 1.97. The van der Waals surface area contributed by atoms with Gasteiger partial charge in [0.15, 0.2) is 0 Å². The van der Waals surface area contributed by atoms with Gasteiger partial charge in [0.05, 0.1) is 12.2 Å². The van der Waals surface area contributed by atoms with Crippen LogP contribution in [0.15, 0.2) is 27.5 Å². The molecule has 2 heterocycles. The fourth-order valence-corrected chi connectivity index (χ4v) is 4.10. The summed E-state index contributed by atoms with van der Waals surface area (Å²) < 4.78 is 51.4. The first-order valence-corrected chi connectivity index (χ1v) is 9.41. The minimum Gasteiger partial charge on any atom is -0.422 e. The maximum absolute atomic E-state index is 13.3. The average Bonchev–Trinajstić information content (AvgIpc) is 3.12. The van der Waals surface area contributed by atoms with Gasteiger partial charge in [-0.1, -0.05) is 13.8 Å². The van der Waals surface area contributed by atoms with Gasteiger partial charge in [0.1, 0.15) is 22.9 Å². The third-order valence-electron chi connectivity index (χ3n) is 3.93. The number of rotatable bonds is 4. The standard InChI is InChI=1S/C16H17FN4O4S/c1-10(2)15-19-20-16(25-15)13-9-21(5-6-24-13)26(22,23)14-4-3-12(17)7-11(14)8-18/h3-4,7,10,13H,5-6,9H2,1-2H3/t13-/m1/s1. The summed E-state index contributed by atoms with van der Waals surface area (Å²) in [5.74, 6) is 0.00611. The Morgan fingerprint density at radius 2 is 2.15 bits per heavy atom. The first-order chi connectivity index (χ1) is 12.3. The lowest BCUT2D eigenvalue weighted by molar-refractivity contribution is -0.0179. The molecule has 138 valence electrons. The van der Waals surface area contributed by atoms with E-state index in [2.05, 4.69) is 10.2 Å². The monoisotopic (exact) mass is 380 g/mol. The molecular formula is C16H17FN4O4S. The minimum absolute atomic E-state index is 0.0374. The lowest BCUT2D eigenvalue weighted by Crippen LogP contribution is -2.42. The van der Waals surface area contributed by atoms with Crippen LogP contribution in [-0.4, -0.2) is 42.6 Å². The maximum Gasteiger partial charge on any atom is 0.246 e. The molecule has 1 aliphatic rings. The Morgan fingerprint density at radius 3 is 2.81 bits per heavy atom. The lowest BCUT2D eigenvalue weighted by atomic mass is 10.2. The summed E-state index contributed by atoms with van der Waals surface area (Å²) in [5, 5.41) is 17.0. The molecule has 1 aliphatic heterocycles. The number of sulfonamides is 1. The molecule has 10 heteroatoms. The Kier molecular flexibility index (Phi) is 5.04. The second-order valence-electron chi connectivity index (χ2n) is 6.11. The molecule has 1 aromatic heterocycles. The Bertz CT molecular complexity index is 951. The predicted molar refractivity (Wildman–Crippen MR) is 87.0 cm³/mol. The van der Waals surface area contributed by atoms with E-state index in [0.29, 0.717) is 5.89 Å². The summed E-state index contributed by atoms with van der Waals surface area (Å²) in [5.41, 5.74) is -0.243. The molecule has 0 N–H and O–H groups in total. The van der Waals surface area contributed by atoms with E-state index in [1.54, 1.807) is 6.07 Å². The molecular weight excluding hydrogens is 363 g/mol. The summed E-state index contributed by atoms with van der Waals surface area (Å²) in [6.45, 7) is 3.99. The second kappa shape index (κ2) is 7.11. The van der Waals surface area contributed by atoms with Gasteiger partial charge in [0.2, 0.25) is 21.8 Å². The zero-order valence-corrected chi connectivity index (χ0v) is 15.0. The third kappa shape index (κ3) is 3.46. The molecule has 3 rings (SSSR count). The van der Waals surface area contributed by atoms with Gasteiger partial charge in [-0.2, -0.15) is 9.57 Å². The van der Waals surface area contributed by atoms with Crippen molar-refractivity contribution in [2.75, 3.05) is 19.7 Å². The third-order valence-corrected chi connectivity index (χ3v) is 5.86. The molecule has 1 atom stereocenters. The van der Waals surface area contributed by atoms with Crippen molar-refractivity contribution in [1.29, 1.82) is 5.26 Å². The van der Waals surface area contributed by atoms with Crippen LogP contribution in [0.25, 0.3) is 0 Å². The minimum atomic E-state index is -4.00. The molecule has 26 heavy (non-hydrogen) atoms. The average molecular weight is 380 g/mol. The summed E-state index contributed by atoms with van der Waals surface area (Å²) in [7, 11) is -4.00. The molecule has 0 unspecified atom stereocenters. The summed E-state index contributed by atoms with van der Waals surface area (Å²) >= 11 is 0. The van der Waals surface area contributed by atoms with Crippen LogP contribution in [0.3, 0.4) is 0 Å². The summed E-state index contributed by atoms with van der Waals surface area (Å²) in [6, 6.07) is 4.73. The smallest absolute Gasteiger partial charge is 0.246 e. The van der Waals surface area contributed by atoms with Crippen molar-refractivity contribution in [2.45, 2.75) is 30.8 Å². The first-order valence-electron chi connectivity index (χ1n) is 7.97. The normalized spacial score (nSPS) is 18.8. The fourth-order valence-electron chi connectivity index (χ4n) is 2.56. The van der Waals surface area contributed by atoms with Gasteiger partial charge in [-0.05, 0) is 18.2 Å². The molecule has 1 aromatic carbocycles. The van der Waals surface area contributed by atoms with E-state index in [-0.39, 0.29) is 42.0 Å². The highest BCUT2D eigenvalue weighted by Gasteiger charge is 2.35. The highest BCUT2D eigenvalue weighted by atomic mass is 32.2. The number of ether oxygens (including phenoxy) is 1. The van der Waals surface area contributed by atoms with E-state index in [9.17, 15) is 12.8 Å².